The Kier molecular flexibility index (Phi) is 7.11. The number of rotatable bonds is 6. The number of nitrogens with one attached hydrogen (secondary N) is 1. The molecule has 1 fully saturated rings. The van der Waals surface area contributed by atoms with Crippen molar-refractivity contribution in [2.24, 2.45) is 0 Å². The van der Waals surface area contributed by atoms with Gasteiger partial charge in [-0.05, 0) is 67.9 Å². The van der Waals surface area contributed by atoms with Crippen LogP contribution in [0.25, 0.3) is 10.9 Å². The summed E-state index contributed by atoms with van der Waals surface area (Å²) in [6.07, 6.45) is 14.1. The summed E-state index contributed by atoms with van der Waals surface area (Å²) in [5.74, 6) is 0. The Balaban J connectivity index is 0.00000112. The van der Waals surface area contributed by atoms with Gasteiger partial charge in [-0.1, -0.05) is 57.4 Å². The third kappa shape index (κ3) is 4.28. The van der Waals surface area contributed by atoms with Crippen LogP contribution in [0.15, 0.2) is 60.1 Å². The molecule has 1 aromatic carbocycles. The van der Waals surface area contributed by atoms with E-state index in [0.717, 1.165) is 13.0 Å². The molecule has 1 N–H and O–H groups in total. The molecule has 0 saturated heterocycles. The number of fused-ring (bicyclic) bond motifs is 3. The van der Waals surface area contributed by atoms with Gasteiger partial charge in [-0.2, -0.15) is 0 Å². The molecule has 5 rings (SSSR count). The average molecular weight is 416 g/mol. The maximum absolute atomic E-state index is 4.29. The third-order valence-electron chi connectivity index (χ3n) is 6.79. The summed E-state index contributed by atoms with van der Waals surface area (Å²) in [5.41, 5.74) is 8.85. The normalized spacial score (nSPS) is 17.6. The van der Waals surface area contributed by atoms with E-state index in [2.05, 4.69) is 58.2 Å². The zero-order valence-electron chi connectivity index (χ0n) is 19.5. The molecule has 31 heavy (non-hydrogen) atoms. The van der Waals surface area contributed by atoms with Gasteiger partial charge in [0, 0.05) is 41.2 Å². The number of H-pyrrole nitrogens is 1. The van der Waals surface area contributed by atoms with E-state index < -0.39 is 0 Å². The van der Waals surface area contributed by atoms with Gasteiger partial charge in [0.05, 0.1) is 6.04 Å². The number of unbranched alkanes of at least 4 members (excludes halogenated alkanes) is 2. The van der Waals surface area contributed by atoms with Crippen molar-refractivity contribution < 1.29 is 0 Å². The number of hydrogen-bond donors (Lipinski definition) is 1. The molecular formula is C28H37N3. The Morgan fingerprint density at radius 3 is 2.52 bits per heavy atom. The second kappa shape index (κ2) is 10.2. The Morgan fingerprint density at radius 1 is 1.03 bits per heavy atom. The molecule has 1 atom stereocenters. The van der Waals surface area contributed by atoms with Crippen LogP contribution in [0.5, 0.6) is 0 Å². The van der Waals surface area contributed by atoms with Crippen molar-refractivity contribution in [3.05, 3.63) is 76.9 Å². The highest BCUT2D eigenvalue weighted by molar-refractivity contribution is 5.85. The lowest BCUT2D eigenvalue weighted by atomic mass is 9.85. The Bertz CT molecular complexity index is 1010. The number of pyridine rings is 1. The molecule has 1 saturated carbocycles. The monoisotopic (exact) mass is 415 g/mol. The summed E-state index contributed by atoms with van der Waals surface area (Å²) in [7, 11) is 0. The lowest BCUT2D eigenvalue weighted by Gasteiger charge is -2.42. The van der Waals surface area contributed by atoms with Crippen molar-refractivity contribution in [3.63, 3.8) is 0 Å². The minimum Gasteiger partial charge on any atom is -0.362 e. The van der Waals surface area contributed by atoms with Crippen molar-refractivity contribution in [1.29, 1.82) is 0 Å². The molecule has 1 aliphatic carbocycles. The first kappa shape index (κ1) is 21.7. The van der Waals surface area contributed by atoms with Crippen LogP contribution in [-0.2, 0) is 6.42 Å². The number of hydrogen-bond acceptors (Lipinski definition) is 2. The summed E-state index contributed by atoms with van der Waals surface area (Å²) >= 11 is 0. The molecule has 1 unspecified atom stereocenters. The molecule has 1 aliphatic heterocycles. The van der Waals surface area contributed by atoms with Gasteiger partial charge in [0.2, 0.25) is 0 Å². The Morgan fingerprint density at radius 2 is 1.81 bits per heavy atom. The molecule has 3 nitrogen and oxygen atoms in total. The standard InChI is InChI=1S/C26H31N3.C2H6/c1-2-3-4-12-24(19-8-7-9-19)29-18-15-22-21-10-5-6-11-23(21)28-25(22)26(29)20-13-16-27-17-14-20;1-2/h5-6,10-11,13-14,16-17,26,28H,2-4,7-9,12,15,18H2,1H3;1-2H3. The zero-order chi connectivity index (χ0) is 21.6. The van der Waals surface area contributed by atoms with E-state index in [1.807, 2.05) is 26.2 Å². The first-order chi connectivity index (χ1) is 15.4. The fourth-order valence-corrected chi connectivity index (χ4v) is 5.13. The predicted molar refractivity (Wildman–Crippen MR) is 131 cm³/mol. The van der Waals surface area contributed by atoms with E-state index in [1.165, 1.54) is 72.7 Å². The molecule has 3 heterocycles. The lowest BCUT2D eigenvalue weighted by Crippen LogP contribution is -2.36. The van der Waals surface area contributed by atoms with Crippen LogP contribution in [0.3, 0.4) is 0 Å². The summed E-state index contributed by atoms with van der Waals surface area (Å²) in [6, 6.07) is 13.5. The summed E-state index contributed by atoms with van der Waals surface area (Å²) in [5, 5.41) is 1.39. The van der Waals surface area contributed by atoms with Gasteiger partial charge in [-0.3, -0.25) is 4.98 Å². The molecule has 3 aromatic rings. The first-order valence-electron chi connectivity index (χ1n) is 12.3. The Labute approximate surface area is 187 Å². The third-order valence-corrected chi connectivity index (χ3v) is 6.79. The molecule has 2 aromatic heterocycles. The number of benzene rings is 1. The van der Waals surface area contributed by atoms with Gasteiger partial charge in [0.25, 0.3) is 0 Å². The maximum atomic E-state index is 4.29. The van der Waals surface area contributed by atoms with Crippen molar-refractivity contribution >= 4 is 10.9 Å². The fraction of sp³-hybridized carbons (Fsp3) is 0.464. The number of para-hydroxylation sites is 1. The van der Waals surface area contributed by atoms with E-state index in [0.29, 0.717) is 0 Å². The van der Waals surface area contributed by atoms with Gasteiger partial charge in [0.15, 0.2) is 0 Å². The van der Waals surface area contributed by atoms with Gasteiger partial charge >= 0.3 is 0 Å². The van der Waals surface area contributed by atoms with Crippen LogP contribution in [-0.4, -0.2) is 21.4 Å². The lowest BCUT2D eigenvalue weighted by molar-refractivity contribution is 0.252. The van der Waals surface area contributed by atoms with Crippen molar-refractivity contribution in [3.8, 4) is 0 Å². The highest BCUT2D eigenvalue weighted by Crippen LogP contribution is 2.43. The van der Waals surface area contributed by atoms with E-state index in [1.54, 1.807) is 11.3 Å². The van der Waals surface area contributed by atoms with Crippen LogP contribution in [0, 0.1) is 0 Å². The van der Waals surface area contributed by atoms with E-state index in [-0.39, 0.29) is 6.04 Å². The van der Waals surface area contributed by atoms with E-state index in [4.69, 9.17) is 0 Å². The minimum absolute atomic E-state index is 0.263. The summed E-state index contributed by atoms with van der Waals surface area (Å²) in [6.45, 7) is 7.40. The summed E-state index contributed by atoms with van der Waals surface area (Å²) in [4.78, 5) is 10.8. The van der Waals surface area contributed by atoms with Gasteiger partial charge in [-0.25, -0.2) is 0 Å². The minimum atomic E-state index is 0.263. The first-order valence-corrected chi connectivity index (χ1v) is 12.3. The van der Waals surface area contributed by atoms with Gasteiger partial charge in [0.1, 0.15) is 0 Å². The van der Waals surface area contributed by atoms with Crippen molar-refractivity contribution in [1.82, 2.24) is 14.9 Å². The molecule has 0 spiro atoms. The summed E-state index contributed by atoms with van der Waals surface area (Å²) < 4.78 is 0. The van der Waals surface area contributed by atoms with Crippen LogP contribution >= 0.6 is 0 Å². The SMILES string of the molecule is CC.CCCCCC(=C1CCC1)N1CCc2c([nH]c3ccccc23)C1c1ccncc1. The predicted octanol–water partition coefficient (Wildman–Crippen LogP) is 7.55. The fourth-order valence-electron chi connectivity index (χ4n) is 5.13. The number of aromatic nitrogens is 2. The molecule has 0 amide bonds. The highest BCUT2D eigenvalue weighted by Gasteiger charge is 2.34. The average Bonchev–Trinajstić information content (AvgIpc) is 3.17. The van der Waals surface area contributed by atoms with Crippen molar-refractivity contribution in [2.75, 3.05) is 6.54 Å². The van der Waals surface area contributed by atoms with Gasteiger partial charge < -0.3 is 9.88 Å². The molecule has 2 aliphatic rings. The van der Waals surface area contributed by atoms with E-state index >= 15 is 0 Å². The molecule has 0 bridgehead atoms. The molecule has 3 heteroatoms. The van der Waals surface area contributed by atoms with Crippen LogP contribution in [0.1, 0.15) is 88.6 Å². The number of allylic oxidation sites excluding steroid dienone is 2. The largest absolute Gasteiger partial charge is 0.362 e. The maximum Gasteiger partial charge on any atom is 0.0945 e. The van der Waals surface area contributed by atoms with Gasteiger partial charge in [-0.15, -0.1) is 0 Å². The molecule has 0 radical (unpaired) electrons. The van der Waals surface area contributed by atoms with Crippen LogP contribution < -0.4 is 0 Å². The molecule has 164 valence electrons. The van der Waals surface area contributed by atoms with Crippen LogP contribution in [0.4, 0.5) is 0 Å². The second-order valence-corrected chi connectivity index (χ2v) is 8.55. The van der Waals surface area contributed by atoms with Crippen LogP contribution in [0.2, 0.25) is 0 Å². The topological polar surface area (TPSA) is 31.9 Å². The highest BCUT2D eigenvalue weighted by atomic mass is 15.2. The number of aromatic amines is 1. The molecular weight excluding hydrogens is 378 g/mol. The smallest absolute Gasteiger partial charge is 0.0945 e. The Hall–Kier alpha value is -2.55. The zero-order valence-corrected chi connectivity index (χ0v) is 19.5. The second-order valence-electron chi connectivity index (χ2n) is 8.55. The number of nitrogens with zero attached hydrogens (tertiary/aromatic N) is 2. The van der Waals surface area contributed by atoms with Crippen molar-refractivity contribution in [2.45, 2.75) is 78.2 Å². The van der Waals surface area contributed by atoms with E-state index in [9.17, 15) is 0 Å². The quantitative estimate of drug-likeness (QED) is 0.421.